The Kier molecular flexibility index (Phi) is 107. The highest BCUT2D eigenvalue weighted by atomic mass is 16.5. The van der Waals surface area contributed by atoms with Gasteiger partial charge >= 0.3 is 0 Å². The van der Waals surface area contributed by atoms with E-state index in [0.29, 0.717) is 0 Å². The van der Waals surface area contributed by atoms with E-state index in [-0.39, 0.29) is 0 Å². The first-order chi connectivity index (χ1) is 24.9. The predicted octanol–water partition coefficient (Wildman–Crippen LogP) is 14.2. The van der Waals surface area contributed by atoms with E-state index in [1.165, 1.54) is 110 Å². The summed E-state index contributed by atoms with van der Waals surface area (Å²) >= 11 is 0. The van der Waals surface area contributed by atoms with E-state index in [1.54, 1.807) is 0 Å². The minimum atomic E-state index is 0.833. The Bertz CT molecular complexity index is 275. The standard InChI is InChI=1S/C7H14.C6H13N.C5H12N2.C5H11NO.4C4H10.4C2H6/c2*1-2-4-6-7-5-3-1;1-2-6-4-5-7-3-1;1-2-6-3-5-7-4-1;4*1-4(2)3;4*1-2/h1-7H2;7H,1-6H2;6-7H,1-5H2;6H,1-5H2;4*4H,1-3H3;4*1-2H3. The van der Waals surface area contributed by atoms with Crippen molar-refractivity contribution in [3.63, 3.8) is 0 Å². The molecule has 4 fully saturated rings. The zero-order valence-corrected chi connectivity index (χ0v) is 41.0. The van der Waals surface area contributed by atoms with Crippen LogP contribution in [0.3, 0.4) is 0 Å². The quantitative estimate of drug-likeness (QED) is 0.186. The molecular weight excluding hydrogens is 637 g/mol. The van der Waals surface area contributed by atoms with Crippen molar-refractivity contribution >= 4 is 0 Å². The van der Waals surface area contributed by atoms with Gasteiger partial charge in [0, 0.05) is 26.2 Å². The number of hydrogen-bond donors (Lipinski definition) is 4. The van der Waals surface area contributed by atoms with E-state index in [4.69, 9.17) is 4.74 Å². The van der Waals surface area contributed by atoms with Gasteiger partial charge < -0.3 is 26.0 Å². The van der Waals surface area contributed by atoms with Gasteiger partial charge in [0.2, 0.25) is 0 Å². The van der Waals surface area contributed by atoms with Gasteiger partial charge in [0.15, 0.2) is 0 Å². The highest BCUT2D eigenvalue weighted by molar-refractivity contribution is 4.58. The fourth-order valence-corrected chi connectivity index (χ4v) is 3.65. The smallest absolute Gasteiger partial charge is 0.0590 e. The van der Waals surface area contributed by atoms with Crippen LogP contribution in [0, 0.1) is 23.7 Å². The van der Waals surface area contributed by atoms with Gasteiger partial charge in [-0.15, -0.1) is 0 Å². The fourth-order valence-electron chi connectivity index (χ4n) is 3.65. The van der Waals surface area contributed by atoms with Gasteiger partial charge in [-0.25, -0.2) is 0 Å². The van der Waals surface area contributed by atoms with Crippen LogP contribution in [0.4, 0.5) is 0 Å². The Balaban J connectivity index is -0.0000000698. The average molecular weight is 751 g/mol. The monoisotopic (exact) mass is 751 g/mol. The molecule has 0 radical (unpaired) electrons. The maximum atomic E-state index is 5.13. The third-order valence-corrected chi connectivity index (χ3v) is 5.46. The Labute approximate surface area is 336 Å². The maximum absolute atomic E-state index is 5.13. The molecule has 4 N–H and O–H groups in total. The molecule has 0 amide bonds. The first kappa shape index (κ1) is 69.7. The summed E-state index contributed by atoms with van der Waals surface area (Å²) in [6.07, 6.45) is 18.6. The molecule has 4 aliphatic rings. The van der Waals surface area contributed by atoms with Crippen LogP contribution in [0.1, 0.15) is 222 Å². The van der Waals surface area contributed by atoms with Crippen LogP contribution in [0.2, 0.25) is 0 Å². The Hall–Kier alpha value is -0.200. The molecule has 0 aromatic rings. The summed E-state index contributed by atoms with van der Waals surface area (Å²) in [5, 5.41) is 13.1. The van der Waals surface area contributed by atoms with Crippen LogP contribution in [-0.2, 0) is 4.74 Å². The van der Waals surface area contributed by atoms with Crippen LogP contribution >= 0.6 is 0 Å². The molecule has 52 heavy (non-hydrogen) atoms. The van der Waals surface area contributed by atoms with Crippen LogP contribution < -0.4 is 21.3 Å². The lowest BCUT2D eigenvalue weighted by Crippen LogP contribution is -2.21. The van der Waals surface area contributed by atoms with E-state index in [1.807, 2.05) is 55.4 Å². The number of nitrogens with one attached hydrogen (secondary N) is 4. The Morgan fingerprint density at radius 2 is 0.462 bits per heavy atom. The molecule has 0 bridgehead atoms. The SMILES string of the molecule is C1CCCCCC1.C1CCCNCC1.C1CNCCNC1.C1CNCCOC1.CC.CC.CC.CC.CC(C)C.CC(C)C.CC(C)C.CC(C)C. The molecule has 4 rings (SSSR count). The Morgan fingerprint density at radius 1 is 0.250 bits per heavy atom. The van der Waals surface area contributed by atoms with Crippen molar-refractivity contribution in [2.24, 2.45) is 23.7 Å². The number of hydrogen-bond acceptors (Lipinski definition) is 5. The highest BCUT2D eigenvalue weighted by Crippen LogP contribution is 2.15. The van der Waals surface area contributed by atoms with Crippen molar-refractivity contribution in [2.45, 2.75) is 222 Å². The van der Waals surface area contributed by atoms with Crippen molar-refractivity contribution in [3.05, 3.63) is 0 Å². The fraction of sp³-hybridized carbons (Fsp3) is 1.00. The normalized spacial score (nSPS) is 16.2. The molecule has 0 aromatic carbocycles. The molecule has 0 unspecified atom stereocenters. The second-order valence-electron chi connectivity index (χ2n) is 15.1. The molecule has 0 spiro atoms. The van der Waals surface area contributed by atoms with Crippen molar-refractivity contribution in [1.29, 1.82) is 0 Å². The van der Waals surface area contributed by atoms with Crippen molar-refractivity contribution in [3.8, 4) is 0 Å². The lowest BCUT2D eigenvalue weighted by atomic mass is 10.2. The van der Waals surface area contributed by atoms with Gasteiger partial charge in [0.25, 0.3) is 0 Å². The van der Waals surface area contributed by atoms with Gasteiger partial charge in [0.05, 0.1) is 6.61 Å². The Morgan fingerprint density at radius 3 is 0.769 bits per heavy atom. The van der Waals surface area contributed by atoms with Crippen LogP contribution in [-0.4, -0.2) is 65.6 Å². The summed E-state index contributed by atoms with van der Waals surface area (Å²) in [6, 6.07) is 0. The molecular formula is C47H114N4O. The number of rotatable bonds is 0. The summed E-state index contributed by atoms with van der Waals surface area (Å²) in [5.41, 5.74) is 0. The predicted molar refractivity (Wildman–Crippen MR) is 250 cm³/mol. The zero-order chi connectivity index (χ0) is 42.1. The van der Waals surface area contributed by atoms with E-state index in [2.05, 4.69) is 104 Å². The average Bonchev–Trinajstić information content (AvgIpc) is 3.79. The minimum absolute atomic E-state index is 0.833. The van der Waals surface area contributed by atoms with E-state index in [0.717, 1.165) is 63.1 Å². The van der Waals surface area contributed by atoms with E-state index < -0.39 is 0 Å². The zero-order valence-electron chi connectivity index (χ0n) is 41.0. The van der Waals surface area contributed by atoms with Gasteiger partial charge in [-0.1, -0.05) is 196 Å². The molecule has 5 nitrogen and oxygen atoms in total. The molecule has 328 valence electrons. The summed E-state index contributed by atoms with van der Waals surface area (Å²) in [4.78, 5) is 0. The van der Waals surface area contributed by atoms with Crippen molar-refractivity contribution in [2.75, 3.05) is 65.6 Å². The molecule has 1 aliphatic carbocycles. The maximum Gasteiger partial charge on any atom is 0.0590 e. The van der Waals surface area contributed by atoms with Crippen LogP contribution in [0.5, 0.6) is 0 Å². The van der Waals surface area contributed by atoms with Gasteiger partial charge in [0.1, 0.15) is 0 Å². The molecule has 0 atom stereocenters. The van der Waals surface area contributed by atoms with E-state index in [9.17, 15) is 0 Å². The summed E-state index contributed by atoms with van der Waals surface area (Å²) in [5.74, 6) is 3.33. The molecule has 5 heteroatoms. The molecule has 3 saturated heterocycles. The topological polar surface area (TPSA) is 57.3 Å². The molecule has 3 heterocycles. The van der Waals surface area contributed by atoms with Gasteiger partial charge in [-0.2, -0.15) is 0 Å². The molecule has 1 saturated carbocycles. The molecule has 0 aromatic heterocycles. The van der Waals surface area contributed by atoms with Crippen LogP contribution in [0.25, 0.3) is 0 Å². The second-order valence-corrected chi connectivity index (χ2v) is 15.1. The third kappa shape index (κ3) is 153. The number of ether oxygens (including phenoxy) is 1. The van der Waals surface area contributed by atoms with E-state index >= 15 is 0 Å². The lowest BCUT2D eigenvalue weighted by Gasteiger charge is -1.92. The highest BCUT2D eigenvalue weighted by Gasteiger charge is 1.96. The first-order valence-corrected chi connectivity index (χ1v) is 23.3. The van der Waals surface area contributed by atoms with Crippen molar-refractivity contribution < 1.29 is 4.74 Å². The minimum Gasteiger partial charge on any atom is -0.380 e. The molecule has 3 aliphatic heterocycles. The largest absolute Gasteiger partial charge is 0.380 e. The summed E-state index contributed by atoms with van der Waals surface area (Å²) in [7, 11) is 0. The van der Waals surface area contributed by atoms with Gasteiger partial charge in [-0.05, 0) is 82.1 Å². The first-order valence-electron chi connectivity index (χ1n) is 23.3. The summed E-state index contributed by atoms with van der Waals surface area (Å²) in [6.45, 7) is 53.1. The van der Waals surface area contributed by atoms with Crippen molar-refractivity contribution in [1.82, 2.24) is 21.3 Å². The third-order valence-electron chi connectivity index (χ3n) is 5.46. The summed E-state index contributed by atoms with van der Waals surface area (Å²) < 4.78 is 5.13. The lowest BCUT2D eigenvalue weighted by molar-refractivity contribution is 0.151. The second kappa shape index (κ2) is 79.5. The van der Waals surface area contributed by atoms with Gasteiger partial charge in [-0.3, -0.25) is 0 Å². The van der Waals surface area contributed by atoms with Crippen LogP contribution in [0.15, 0.2) is 0 Å².